The summed E-state index contributed by atoms with van der Waals surface area (Å²) in [5.41, 5.74) is 24.1. The molecule has 3 aromatic rings. The third kappa shape index (κ3) is 32.8. The molecule has 121 heavy (non-hydrogen) atoms. The molecule has 666 valence electrons. The third-order valence-corrected chi connectivity index (χ3v) is 20.3. The number of aromatic hydroxyl groups is 1. The van der Waals surface area contributed by atoms with Gasteiger partial charge in [-0.25, -0.2) is 4.79 Å². The number of hydrogen-bond acceptors (Lipinski definition) is 23. The van der Waals surface area contributed by atoms with E-state index in [9.17, 15) is 102 Å². The molecule has 0 saturated carbocycles. The first kappa shape index (κ1) is 99.3. The number of phenolic OH excluding ortho intramolecular Hbond substituents is 1. The van der Waals surface area contributed by atoms with E-state index >= 15 is 0 Å². The summed E-state index contributed by atoms with van der Waals surface area (Å²) in [4.78, 5) is 249. The van der Waals surface area contributed by atoms with Crippen LogP contribution in [-0.2, 0) is 99.1 Å². The van der Waals surface area contributed by atoms with Crippen LogP contribution >= 0.6 is 12.6 Å². The van der Waals surface area contributed by atoms with Gasteiger partial charge in [0.05, 0.1) is 19.1 Å². The molecule has 2 aromatic carbocycles. The molecule has 0 bridgehead atoms. The maximum atomic E-state index is 14.7. The number of benzene rings is 2. The smallest absolute Gasteiger partial charge is 0.326 e. The number of carboxylic acid groups (broad SMARTS) is 2. The summed E-state index contributed by atoms with van der Waals surface area (Å²) in [7, 11) is 0. The molecule has 2 aliphatic heterocycles. The fourth-order valence-electron chi connectivity index (χ4n) is 13.2. The number of primary amides is 1. The van der Waals surface area contributed by atoms with Gasteiger partial charge in [-0.2, -0.15) is 12.6 Å². The number of aromatic nitrogens is 1. The van der Waals surface area contributed by atoms with E-state index in [1.54, 1.807) is 44.3 Å². The van der Waals surface area contributed by atoms with Gasteiger partial charge in [-0.1, -0.05) is 44.2 Å². The van der Waals surface area contributed by atoms with Crippen LogP contribution in [0, 0.1) is 11.3 Å². The van der Waals surface area contributed by atoms with Crippen molar-refractivity contribution in [2.45, 2.75) is 229 Å². The second-order valence-corrected chi connectivity index (χ2v) is 30.6. The fourth-order valence-corrected chi connectivity index (χ4v) is 13.5. The van der Waals surface area contributed by atoms with E-state index in [-0.39, 0.29) is 114 Å². The number of H-pyrrole nitrogens is 1. The number of phenols is 1. The van der Waals surface area contributed by atoms with Crippen molar-refractivity contribution in [2.24, 2.45) is 28.9 Å². The predicted molar refractivity (Wildman–Crippen MR) is 440 cm³/mol. The summed E-state index contributed by atoms with van der Waals surface area (Å²) < 4.78 is 0. The number of unbranched alkanes of at least 4 members (excludes halogenated alkanes) is 1. The maximum Gasteiger partial charge on any atom is 0.326 e. The first-order valence-corrected chi connectivity index (χ1v) is 40.5. The van der Waals surface area contributed by atoms with Crippen LogP contribution in [0.4, 0.5) is 0 Å². The normalized spacial score (nSPS) is 16.6. The Labute approximate surface area is 703 Å². The molecular formula is C77H116N22O21S. The second kappa shape index (κ2) is 49.4. The van der Waals surface area contributed by atoms with Crippen LogP contribution in [0.15, 0.2) is 54.7 Å². The van der Waals surface area contributed by atoms with Gasteiger partial charge in [0.25, 0.3) is 0 Å². The molecule has 16 amide bonds. The van der Waals surface area contributed by atoms with Crippen LogP contribution in [0.2, 0.25) is 0 Å². The minimum absolute atomic E-state index is 0.0109. The van der Waals surface area contributed by atoms with E-state index < -0.39 is 223 Å². The van der Waals surface area contributed by atoms with E-state index in [1.165, 1.54) is 56.9 Å². The molecule has 44 heteroatoms. The molecule has 14 atom stereocenters. The highest BCUT2D eigenvalue weighted by atomic mass is 32.1. The largest absolute Gasteiger partial charge is 0.508 e. The van der Waals surface area contributed by atoms with Crippen molar-refractivity contribution in [3.63, 3.8) is 0 Å². The monoisotopic (exact) mass is 1720 g/mol. The number of carbonyl (C=O) groups excluding carboxylic acids is 16. The molecule has 0 unspecified atom stereocenters. The number of rotatable bonds is 50. The number of para-hydroxylation sites is 1. The van der Waals surface area contributed by atoms with Crippen LogP contribution in [-0.4, -0.2) is 272 Å². The van der Waals surface area contributed by atoms with Gasteiger partial charge >= 0.3 is 11.9 Å². The molecule has 0 aliphatic carbocycles. The molecule has 43 nitrogen and oxygen atoms in total. The average Bonchev–Trinajstić information content (AvgIpc) is 1.70. The lowest BCUT2D eigenvalue weighted by molar-refractivity contribution is -0.149. The number of carbonyl (C=O) groups is 18. The molecule has 2 saturated heterocycles. The van der Waals surface area contributed by atoms with Gasteiger partial charge in [0.1, 0.15) is 84.3 Å². The summed E-state index contributed by atoms with van der Waals surface area (Å²) in [5, 5.41) is 72.8. The summed E-state index contributed by atoms with van der Waals surface area (Å²) in [6.45, 7) is 7.63. The number of thiol groups is 1. The van der Waals surface area contributed by atoms with E-state index in [2.05, 4.69) is 92.0 Å². The first-order valence-electron chi connectivity index (χ1n) is 39.9. The number of nitrogens with zero attached hydrogens (tertiary/aromatic N) is 2. The van der Waals surface area contributed by atoms with Crippen LogP contribution in [0.3, 0.4) is 0 Å². The maximum absolute atomic E-state index is 14.7. The quantitative estimate of drug-likeness (QED) is 0.0108. The van der Waals surface area contributed by atoms with Crippen molar-refractivity contribution in [1.82, 2.24) is 89.2 Å². The van der Waals surface area contributed by atoms with E-state index in [4.69, 9.17) is 28.3 Å². The summed E-state index contributed by atoms with van der Waals surface area (Å²) in [6.07, 6.45) is 0.629. The highest BCUT2D eigenvalue weighted by molar-refractivity contribution is 7.80. The molecule has 0 radical (unpaired) electrons. The van der Waals surface area contributed by atoms with E-state index in [0.29, 0.717) is 41.3 Å². The van der Waals surface area contributed by atoms with Crippen molar-refractivity contribution in [3.8, 4) is 5.75 Å². The molecule has 2 aliphatic rings. The van der Waals surface area contributed by atoms with Gasteiger partial charge in [0.2, 0.25) is 94.5 Å². The van der Waals surface area contributed by atoms with Crippen molar-refractivity contribution >= 4 is 136 Å². The predicted octanol–water partition coefficient (Wildman–Crippen LogP) is -5.80. The summed E-state index contributed by atoms with van der Waals surface area (Å²) >= 11 is 4.22. The Morgan fingerprint density at radius 2 is 1.02 bits per heavy atom. The van der Waals surface area contributed by atoms with E-state index in [1.807, 2.05) is 0 Å². The second-order valence-electron chi connectivity index (χ2n) is 30.2. The van der Waals surface area contributed by atoms with Crippen LogP contribution < -0.4 is 97.4 Å². The summed E-state index contributed by atoms with van der Waals surface area (Å²) in [6, 6.07) is -6.19. The summed E-state index contributed by atoms with van der Waals surface area (Å²) in [5.74, 6) is -17.6. The Balaban J connectivity index is 1.21. The minimum atomic E-state index is -1.69. The Bertz CT molecular complexity index is 4190. The Morgan fingerprint density at radius 3 is 1.60 bits per heavy atom. The number of fused-ring (bicyclic) bond motifs is 1. The number of guanidine groups is 1. The van der Waals surface area contributed by atoms with E-state index in [0.717, 1.165) is 4.90 Å². The van der Waals surface area contributed by atoms with Gasteiger partial charge < -0.3 is 127 Å². The number of carboxylic acids is 2. The van der Waals surface area contributed by atoms with Crippen molar-refractivity contribution in [3.05, 3.63) is 65.9 Å². The van der Waals surface area contributed by atoms with Crippen molar-refractivity contribution < 1.29 is 102 Å². The number of nitrogens with two attached hydrogens (primary N) is 4. The average molecular weight is 1720 g/mol. The lowest BCUT2D eigenvalue weighted by Gasteiger charge is -2.29. The van der Waals surface area contributed by atoms with Gasteiger partial charge in [-0.15, -0.1) is 0 Å². The van der Waals surface area contributed by atoms with Crippen molar-refractivity contribution in [1.29, 1.82) is 5.41 Å². The van der Waals surface area contributed by atoms with Crippen LogP contribution in [0.25, 0.3) is 10.9 Å². The van der Waals surface area contributed by atoms with Crippen LogP contribution in [0.5, 0.6) is 5.75 Å². The Hall–Kier alpha value is -12.2. The Kier molecular flexibility index (Phi) is 40.5. The van der Waals surface area contributed by atoms with Gasteiger partial charge in [0, 0.05) is 68.2 Å². The Morgan fingerprint density at radius 1 is 0.521 bits per heavy atom. The molecule has 2 fully saturated rings. The van der Waals surface area contributed by atoms with Gasteiger partial charge in [-0.05, 0) is 147 Å². The SMILES string of the molecule is CC(C)C[C@H](NC(=O)[C@H](Cc1c[nH]c2ccccc12)NC(=O)CNC(=O)[C@@H]1CCCN1C(=O)CNC(=O)[C@H](C)NC(=O)[C@H](C)NC(=O)[C@H](CCCNC(=N)N)NC(=O)[C@H](CS)NC(=O)[C@H](C)NC(=O)[C@H](Cc1ccc(O)cc1)NC(=O)[C@H](C)N)C(=O)N[C@@H](CCCCN)C(=O)N[C@@H](CCC(=O)O)C(=O)N[C@@H](CCC(N)=O)C(=O)N1CCC[C@H]1C(=O)O. The molecular weight excluding hydrogens is 1600 g/mol. The van der Waals surface area contributed by atoms with Crippen molar-refractivity contribution in [2.75, 3.05) is 45.0 Å². The van der Waals surface area contributed by atoms with Crippen LogP contribution in [0.1, 0.15) is 143 Å². The number of amides is 16. The minimum Gasteiger partial charge on any atom is -0.508 e. The zero-order valence-electron chi connectivity index (χ0n) is 68.5. The highest BCUT2D eigenvalue weighted by Gasteiger charge is 2.41. The molecule has 27 N–H and O–H groups in total. The first-order chi connectivity index (χ1) is 57.2. The number of aromatic amines is 1. The lowest BCUT2D eigenvalue weighted by atomic mass is 9.99. The molecule has 5 rings (SSSR count). The standard InChI is InChI=1S/C77H116N22O21S/c1-39(2)32-53(71(114)91-49(16-9-10-28-78)68(111)93-51(25-27-62(104)105)69(112)94-52(24-26-59(80)101)75(118)99-31-13-19-58(99)76(119)120)96-72(115)55(34-45-35-84-48-15-8-7-14-47(45)48)90-60(102)36-85-74(117)57-18-12-30-98(57)61(103)37-86-64(107)41(4)87-65(108)42(5)88-67(110)50(17-11-29-83-77(81)82)92-73(116)56(38-121)97-66(109)43(6)89-70(113)54(95-63(106)40(3)79)33-44-20-22-46(100)23-21-44/h7-8,14-15,20-23,35,39-43,49-58,84,100,121H,9-13,16-19,24-34,36-38,78-79H2,1-6H3,(H2,80,101)(H,85,117)(H,86,107)(H,87,108)(H,88,110)(H,89,113)(H,90,102)(H,91,114)(H,92,116)(H,93,111)(H,94,112)(H,95,106)(H,96,115)(H,97,109)(H,104,105)(H,119,120)(H4,81,82,83)/t40-,41-,42-,43-,49-,50-,51-,52-,53-,54-,55-,56-,57-,58-/m0/s1. The van der Waals surface area contributed by atoms with Gasteiger partial charge in [-0.3, -0.25) is 86.9 Å². The zero-order chi connectivity index (χ0) is 89.9. The van der Waals surface area contributed by atoms with Gasteiger partial charge in [0.15, 0.2) is 5.96 Å². The number of hydrogen-bond donors (Lipinski definition) is 24. The number of nitrogens with one attached hydrogen (secondary N) is 16. The lowest BCUT2D eigenvalue weighted by Crippen LogP contribution is -2.60. The number of aliphatic carboxylic acids is 2. The highest BCUT2D eigenvalue weighted by Crippen LogP contribution is 2.23. The molecule has 1 aromatic heterocycles. The topological polar surface area (TPSA) is 687 Å². The molecule has 0 spiro atoms. The zero-order valence-corrected chi connectivity index (χ0v) is 69.4. The number of likely N-dealkylation sites (tertiary alicyclic amines) is 2. The third-order valence-electron chi connectivity index (χ3n) is 19.9. The molecule has 3 heterocycles. The fraction of sp³-hybridized carbons (Fsp3) is 0.571.